The molecule has 0 radical (unpaired) electrons. The minimum absolute atomic E-state index is 0.0613. The predicted molar refractivity (Wildman–Crippen MR) is 129 cm³/mol. The van der Waals surface area contributed by atoms with Crippen LogP contribution in [-0.2, 0) is 34.7 Å². The summed E-state index contributed by atoms with van der Waals surface area (Å²) in [6, 6.07) is 17.5. The second-order valence-corrected chi connectivity index (χ2v) is 10.6. The number of rotatable bonds is 7. The Hall–Kier alpha value is -2.95. The van der Waals surface area contributed by atoms with Crippen molar-refractivity contribution >= 4 is 40.4 Å². The fourth-order valence-electron chi connectivity index (χ4n) is 4.03. The Labute approximate surface area is 203 Å². The van der Waals surface area contributed by atoms with Gasteiger partial charge in [-0.1, -0.05) is 60.7 Å². The molecule has 2 aliphatic rings. The molecule has 2 aromatic carbocycles. The van der Waals surface area contributed by atoms with Crippen LogP contribution in [0.25, 0.3) is 0 Å². The lowest BCUT2D eigenvalue weighted by Gasteiger charge is -2.49. The van der Waals surface area contributed by atoms with Crippen molar-refractivity contribution < 1.29 is 28.1 Å². The summed E-state index contributed by atoms with van der Waals surface area (Å²) in [5, 5.41) is -0.847. The SMILES string of the molecule is CSC1C(COC(C)=O)=C(C(=O)OC(c2ccccc2)c2ccccc2)N2C(=O)[C@@H](N)[C@H]2S1=O. The number of amides is 1. The van der Waals surface area contributed by atoms with Gasteiger partial charge in [0.05, 0.1) is 10.8 Å². The fraction of sp³-hybridized carbons (Fsp3) is 0.292. The highest BCUT2D eigenvalue weighted by Gasteiger charge is 2.58. The number of carbonyl (C=O) groups excluding carboxylic acids is 3. The monoisotopic (exact) mass is 500 g/mol. The Kier molecular flexibility index (Phi) is 7.20. The van der Waals surface area contributed by atoms with Crippen molar-refractivity contribution in [1.82, 2.24) is 4.90 Å². The first-order valence-corrected chi connectivity index (χ1v) is 13.1. The molecule has 2 aliphatic heterocycles. The summed E-state index contributed by atoms with van der Waals surface area (Å²) in [7, 11) is -1.60. The molecule has 10 heteroatoms. The normalized spacial score (nSPS) is 23.9. The number of nitrogens with two attached hydrogens (primary N) is 1. The molecule has 0 bridgehead atoms. The molecule has 1 saturated heterocycles. The lowest BCUT2D eigenvalue weighted by molar-refractivity contribution is -0.153. The number of benzene rings is 2. The van der Waals surface area contributed by atoms with Gasteiger partial charge in [0.1, 0.15) is 28.3 Å². The van der Waals surface area contributed by atoms with E-state index in [1.54, 1.807) is 6.26 Å². The van der Waals surface area contributed by atoms with Gasteiger partial charge in [-0.3, -0.25) is 18.7 Å². The first-order chi connectivity index (χ1) is 16.3. The maximum Gasteiger partial charge on any atom is 0.356 e. The first kappa shape index (κ1) is 24.2. The zero-order valence-electron chi connectivity index (χ0n) is 18.6. The van der Waals surface area contributed by atoms with Crippen molar-refractivity contribution in [3.05, 3.63) is 83.1 Å². The van der Waals surface area contributed by atoms with E-state index in [4.69, 9.17) is 15.2 Å². The molecule has 2 unspecified atom stereocenters. The molecule has 4 rings (SSSR count). The van der Waals surface area contributed by atoms with Crippen molar-refractivity contribution in [2.24, 2.45) is 5.73 Å². The Morgan fingerprint density at radius 1 is 1.09 bits per heavy atom. The predicted octanol–water partition coefficient (Wildman–Crippen LogP) is 2.08. The topological polar surface area (TPSA) is 116 Å². The standard InChI is InChI=1S/C24H24N2O6S2/c1-14(27)31-13-17-19(26-21(28)18(25)22(26)34(30)24(17)33-2)23(29)32-20(15-9-5-3-6-10-15)16-11-7-4-8-12-16/h3-12,18,20,22,24H,13,25H2,1-2H3/t18-,22-,24?,34?/m1/s1. The zero-order chi connectivity index (χ0) is 24.4. The minimum Gasteiger partial charge on any atom is -0.461 e. The van der Waals surface area contributed by atoms with Gasteiger partial charge >= 0.3 is 11.9 Å². The Bertz CT molecular complexity index is 1120. The summed E-state index contributed by atoms with van der Waals surface area (Å²) in [6.07, 6.45) is 0.985. The van der Waals surface area contributed by atoms with E-state index in [0.29, 0.717) is 0 Å². The van der Waals surface area contributed by atoms with Gasteiger partial charge in [0.25, 0.3) is 0 Å². The van der Waals surface area contributed by atoms with Crippen LogP contribution in [0, 0.1) is 0 Å². The molecule has 0 spiro atoms. The van der Waals surface area contributed by atoms with Crippen LogP contribution < -0.4 is 5.73 Å². The summed E-state index contributed by atoms with van der Waals surface area (Å²) in [4.78, 5) is 39.0. The highest BCUT2D eigenvalue weighted by molar-refractivity contribution is 8.11. The maximum absolute atomic E-state index is 13.7. The lowest BCUT2D eigenvalue weighted by Crippen LogP contribution is -2.72. The van der Waals surface area contributed by atoms with Gasteiger partial charge < -0.3 is 15.2 Å². The van der Waals surface area contributed by atoms with E-state index in [1.165, 1.54) is 18.7 Å². The third-order valence-electron chi connectivity index (χ3n) is 5.63. The second kappa shape index (κ2) is 10.1. The molecule has 1 amide bonds. The van der Waals surface area contributed by atoms with E-state index in [0.717, 1.165) is 16.0 Å². The van der Waals surface area contributed by atoms with Crippen molar-refractivity contribution in [1.29, 1.82) is 0 Å². The molecule has 8 nitrogen and oxygen atoms in total. The van der Waals surface area contributed by atoms with Crippen LogP contribution in [-0.4, -0.2) is 55.8 Å². The zero-order valence-corrected chi connectivity index (χ0v) is 20.2. The number of esters is 2. The molecule has 0 saturated carbocycles. The van der Waals surface area contributed by atoms with Gasteiger partial charge in [-0.2, -0.15) is 0 Å². The first-order valence-electron chi connectivity index (χ1n) is 10.5. The van der Waals surface area contributed by atoms with Crippen LogP contribution in [0.1, 0.15) is 24.2 Å². The number of β-lactam (4-membered cyclic amide) rings is 1. The highest BCUT2D eigenvalue weighted by Crippen LogP contribution is 2.42. The Morgan fingerprint density at radius 3 is 2.15 bits per heavy atom. The second-order valence-electron chi connectivity index (χ2n) is 7.78. The molecule has 2 heterocycles. The van der Waals surface area contributed by atoms with E-state index in [-0.39, 0.29) is 17.9 Å². The van der Waals surface area contributed by atoms with Crippen LogP contribution in [0.3, 0.4) is 0 Å². The largest absolute Gasteiger partial charge is 0.461 e. The van der Waals surface area contributed by atoms with Crippen LogP contribution in [0.5, 0.6) is 0 Å². The molecule has 0 aliphatic carbocycles. The van der Waals surface area contributed by atoms with E-state index >= 15 is 0 Å². The van der Waals surface area contributed by atoms with Crippen molar-refractivity contribution in [3.63, 3.8) is 0 Å². The van der Waals surface area contributed by atoms with E-state index in [9.17, 15) is 18.6 Å². The van der Waals surface area contributed by atoms with E-state index in [1.807, 2.05) is 60.7 Å². The summed E-state index contributed by atoms with van der Waals surface area (Å²) < 4.78 is 23.6. The average Bonchev–Trinajstić information content (AvgIpc) is 2.85. The van der Waals surface area contributed by atoms with Crippen molar-refractivity contribution in [2.45, 2.75) is 29.0 Å². The molecule has 178 valence electrons. The number of carbonyl (C=O) groups is 3. The molecule has 4 atom stereocenters. The molecule has 1 fully saturated rings. The maximum atomic E-state index is 13.7. The van der Waals surface area contributed by atoms with Gasteiger partial charge in [-0.05, 0) is 17.4 Å². The summed E-state index contributed by atoms with van der Waals surface area (Å²) in [5.41, 5.74) is 7.64. The van der Waals surface area contributed by atoms with Gasteiger partial charge in [-0.25, -0.2) is 4.79 Å². The Morgan fingerprint density at radius 2 is 1.65 bits per heavy atom. The number of fused-ring (bicyclic) bond motifs is 1. The molecular weight excluding hydrogens is 476 g/mol. The number of ether oxygens (including phenoxy) is 2. The van der Waals surface area contributed by atoms with Crippen molar-refractivity contribution in [3.8, 4) is 0 Å². The van der Waals surface area contributed by atoms with Crippen LogP contribution in [0.15, 0.2) is 71.9 Å². The minimum atomic E-state index is -1.60. The van der Waals surface area contributed by atoms with Gasteiger partial charge in [0.2, 0.25) is 5.91 Å². The summed E-state index contributed by atoms with van der Waals surface area (Å²) in [6.45, 7) is 0.949. The van der Waals surface area contributed by atoms with Crippen LogP contribution >= 0.6 is 11.8 Å². The molecule has 2 aromatic rings. The smallest absolute Gasteiger partial charge is 0.356 e. The third-order valence-corrected chi connectivity index (χ3v) is 9.18. The van der Waals surface area contributed by atoms with Crippen LogP contribution in [0.4, 0.5) is 0 Å². The molecule has 0 aromatic heterocycles. The molecule has 2 N–H and O–H groups in total. The van der Waals surface area contributed by atoms with E-state index in [2.05, 4.69) is 0 Å². The number of hydrogen-bond donors (Lipinski definition) is 1. The van der Waals surface area contributed by atoms with Crippen LogP contribution in [0.2, 0.25) is 0 Å². The summed E-state index contributed by atoms with van der Waals surface area (Å²) >= 11 is 1.24. The molecular formula is C24H24N2O6S2. The lowest BCUT2D eigenvalue weighted by atomic mass is 10.0. The van der Waals surface area contributed by atoms with Crippen molar-refractivity contribution in [2.75, 3.05) is 12.9 Å². The number of hydrogen-bond acceptors (Lipinski definition) is 8. The Balaban J connectivity index is 1.78. The number of nitrogens with zero attached hydrogens (tertiary/aromatic N) is 1. The average molecular weight is 501 g/mol. The third kappa shape index (κ3) is 4.40. The number of thioether (sulfide) groups is 1. The van der Waals surface area contributed by atoms with Gasteiger partial charge in [0, 0.05) is 12.5 Å². The van der Waals surface area contributed by atoms with Gasteiger partial charge in [-0.15, -0.1) is 11.8 Å². The highest BCUT2D eigenvalue weighted by atomic mass is 32.2. The van der Waals surface area contributed by atoms with Gasteiger partial charge in [0.15, 0.2) is 6.10 Å². The van der Waals surface area contributed by atoms with E-state index < -0.39 is 50.7 Å². The molecule has 34 heavy (non-hydrogen) atoms. The summed E-state index contributed by atoms with van der Waals surface area (Å²) in [5.74, 6) is -1.87. The fourth-order valence-corrected chi connectivity index (χ4v) is 7.14. The quantitative estimate of drug-likeness (QED) is 0.454.